The van der Waals surface area contributed by atoms with Gasteiger partial charge < -0.3 is 29.6 Å². The maximum Gasteiger partial charge on any atom is 0.261 e. The van der Waals surface area contributed by atoms with Gasteiger partial charge in [0.1, 0.15) is 34.6 Å². The average molecular weight is 739 g/mol. The number of hydrogen-bond donors (Lipinski definition) is 3. The summed E-state index contributed by atoms with van der Waals surface area (Å²) in [6.07, 6.45) is 5.27. The first-order valence-corrected chi connectivity index (χ1v) is 19.2. The van der Waals surface area contributed by atoms with E-state index < -0.39 is 29.1 Å². The molecule has 1 atom stereocenters. The Kier molecular flexibility index (Phi) is 11.3. The molecule has 52 heavy (non-hydrogen) atoms. The van der Waals surface area contributed by atoms with Crippen LogP contribution in [0.15, 0.2) is 35.1 Å². The smallest absolute Gasteiger partial charge is 0.261 e. The zero-order valence-corrected chi connectivity index (χ0v) is 29.8. The number of piperidine rings is 3. The number of carbonyl (C=O) groups excluding carboxylic acids is 3. The third-order valence-electron chi connectivity index (χ3n) is 10.5. The number of nitrogens with one attached hydrogen (secondary N) is 3. The third kappa shape index (κ3) is 8.52. The number of halogens is 2. The number of fused-ring (bicyclic) bond motifs is 1. The zero-order chi connectivity index (χ0) is 36.2. The van der Waals surface area contributed by atoms with E-state index in [9.17, 15) is 19.2 Å². The summed E-state index contributed by atoms with van der Waals surface area (Å²) in [6, 6.07) is 7.05. The van der Waals surface area contributed by atoms with Crippen LogP contribution < -0.4 is 25.8 Å². The minimum Gasteiger partial charge on any atom is -0.493 e. The largest absolute Gasteiger partial charge is 0.493 e. The van der Waals surface area contributed by atoms with Crippen LogP contribution in [0, 0.1) is 23.5 Å². The summed E-state index contributed by atoms with van der Waals surface area (Å²) >= 11 is 1.72. The molecule has 3 amide bonds. The Morgan fingerprint density at radius 2 is 1.73 bits per heavy atom. The summed E-state index contributed by atoms with van der Waals surface area (Å²) in [5, 5.41) is 5.67. The number of ether oxygens (including phenoxy) is 2. The SMILES string of the molecule is O=C1CCC(Nc2ccc(N3CCC(C(=O)N4CCC(COc5cc(F)c6c(=O)[nH]c(CSC7CCOCC7)nc6c5)CC4)CC3)c(F)c2)C(=O)N1. The molecule has 0 radical (unpaired) electrons. The molecule has 0 spiro atoms. The fraction of sp³-hybridized carbons (Fsp3) is 0.541. The third-order valence-corrected chi connectivity index (χ3v) is 11.9. The lowest BCUT2D eigenvalue weighted by molar-refractivity contribution is -0.138. The fourth-order valence-corrected chi connectivity index (χ4v) is 8.54. The average Bonchev–Trinajstić information content (AvgIpc) is 3.14. The summed E-state index contributed by atoms with van der Waals surface area (Å²) in [6.45, 7) is 4.17. The molecule has 1 unspecified atom stereocenters. The Hall–Kier alpha value is -4.24. The Morgan fingerprint density at radius 1 is 0.962 bits per heavy atom. The fourth-order valence-electron chi connectivity index (χ4n) is 7.48. The molecule has 5 heterocycles. The Labute approximate surface area is 304 Å². The number of aromatic nitrogens is 2. The van der Waals surface area contributed by atoms with Crippen molar-refractivity contribution in [3.63, 3.8) is 0 Å². The normalized spacial score (nSPS) is 21.0. The molecule has 4 aliphatic rings. The van der Waals surface area contributed by atoms with Crippen LogP contribution in [-0.2, 0) is 24.9 Å². The van der Waals surface area contributed by atoms with E-state index >= 15 is 8.78 Å². The van der Waals surface area contributed by atoms with Crippen LogP contribution in [0.25, 0.3) is 10.9 Å². The highest BCUT2D eigenvalue weighted by atomic mass is 32.2. The predicted molar refractivity (Wildman–Crippen MR) is 193 cm³/mol. The number of thioether (sulfide) groups is 1. The number of benzene rings is 2. The van der Waals surface area contributed by atoms with Crippen molar-refractivity contribution in [1.82, 2.24) is 20.2 Å². The Balaban J connectivity index is 0.864. The molecular weight excluding hydrogens is 695 g/mol. The van der Waals surface area contributed by atoms with Crippen LogP contribution >= 0.6 is 11.8 Å². The van der Waals surface area contributed by atoms with E-state index in [1.165, 1.54) is 12.1 Å². The van der Waals surface area contributed by atoms with Gasteiger partial charge in [0.25, 0.3) is 5.56 Å². The first kappa shape index (κ1) is 36.1. The molecule has 3 N–H and O–H groups in total. The molecular formula is C37H44F2N6O6S. The van der Waals surface area contributed by atoms with Gasteiger partial charge in [0, 0.05) is 74.8 Å². The highest BCUT2D eigenvalue weighted by molar-refractivity contribution is 7.99. The minimum absolute atomic E-state index is 0.0767. The van der Waals surface area contributed by atoms with Gasteiger partial charge in [-0.2, -0.15) is 11.8 Å². The number of rotatable bonds is 10. The van der Waals surface area contributed by atoms with Crippen molar-refractivity contribution in [2.75, 3.05) is 56.2 Å². The number of amides is 3. The van der Waals surface area contributed by atoms with E-state index in [0.29, 0.717) is 86.0 Å². The first-order chi connectivity index (χ1) is 25.2. The van der Waals surface area contributed by atoms with E-state index in [1.807, 2.05) is 9.80 Å². The van der Waals surface area contributed by atoms with Gasteiger partial charge in [-0.15, -0.1) is 0 Å². The van der Waals surface area contributed by atoms with E-state index in [4.69, 9.17) is 9.47 Å². The second-order valence-electron chi connectivity index (χ2n) is 14.1. The lowest BCUT2D eigenvalue weighted by atomic mass is 9.92. The van der Waals surface area contributed by atoms with E-state index in [1.54, 1.807) is 30.0 Å². The number of imide groups is 1. The minimum atomic E-state index is -0.669. The number of anilines is 2. The summed E-state index contributed by atoms with van der Waals surface area (Å²) in [5.41, 5.74) is 0.702. The zero-order valence-electron chi connectivity index (χ0n) is 29.0. The predicted octanol–water partition coefficient (Wildman–Crippen LogP) is 4.36. The molecule has 2 aromatic carbocycles. The number of carbonyl (C=O) groups is 3. The van der Waals surface area contributed by atoms with Crippen LogP contribution in [-0.4, -0.2) is 89.9 Å². The van der Waals surface area contributed by atoms with Gasteiger partial charge in [0.05, 0.1) is 23.6 Å². The maximum absolute atomic E-state index is 15.1. The molecule has 0 saturated carbocycles. The Morgan fingerprint density at radius 3 is 2.46 bits per heavy atom. The second kappa shape index (κ2) is 16.2. The topological polar surface area (TPSA) is 146 Å². The van der Waals surface area contributed by atoms with Crippen molar-refractivity contribution in [1.29, 1.82) is 0 Å². The van der Waals surface area contributed by atoms with Crippen LogP contribution in [0.5, 0.6) is 5.75 Å². The molecule has 1 aromatic heterocycles. The van der Waals surface area contributed by atoms with Crippen molar-refractivity contribution in [2.24, 2.45) is 11.8 Å². The van der Waals surface area contributed by atoms with Gasteiger partial charge in [-0.05, 0) is 69.1 Å². The van der Waals surface area contributed by atoms with Gasteiger partial charge in [-0.3, -0.25) is 24.5 Å². The molecule has 0 bridgehead atoms. The lowest BCUT2D eigenvalue weighted by Gasteiger charge is -2.38. The highest BCUT2D eigenvalue weighted by Crippen LogP contribution is 2.31. The van der Waals surface area contributed by atoms with E-state index in [2.05, 4.69) is 20.6 Å². The second-order valence-corrected chi connectivity index (χ2v) is 15.4. The molecule has 0 aliphatic carbocycles. The van der Waals surface area contributed by atoms with Crippen molar-refractivity contribution >= 4 is 51.8 Å². The quantitative estimate of drug-likeness (QED) is 0.257. The molecule has 12 nitrogen and oxygen atoms in total. The molecule has 4 aliphatic heterocycles. The molecule has 4 fully saturated rings. The number of hydrogen-bond acceptors (Lipinski definition) is 10. The summed E-state index contributed by atoms with van der Waals surface area (Å²) < 4.78 is 41.6. The van der Waals surface area contributed by atoms with Crippen LogP contribution in [0.2, 0.25) is 0 Å². The van der Waals surface area contributed by atoms with Gasteiger partial charge in [0.2, 0.25) is 17.7 Å². The van der Waals surface area contributed by atoms with Crippen molar-refractivity contribution in [2.45, 2.75) is 68.4 Å². The van der Waals surface area contributed by atoms with Crippen LogP contribution in [0.1, 0.15) is 57.2 Å². The standard InChI is InChI=1S/C37H44F2N6O6S/c38-27-17-24(40-29-2-4-33(46)43-35(29)47)1-3-31(27)44-13-7-23(8-14-44)37(49)45-11-5-22(6-12-45)20-51-25-18-28(39)34-30(19-25)41-32(42-36(34)48)21-52-26-9-15-50-16-10-26/h1,3,17-19,22-23,26,29,40H,2,4-16,20-21H2,(H,41,42,48)(H,43,46,47). The highest BCUT2D eigenvalue weighted by Gasteiger charge is 2.32. The summed E-state index contributed by atoms with van der Waals surface area (Å²) in [4.78, 5) is 60.7. The molecule has 7 rings (SSSR count). The van der Waals surface area contributed by atoms with E-state index in [0.717, 1.165) is 38.9 Å². The monoisotopic (exact) mass is 738 g/mol. The number of nitrogens with zero attached hydrogens (tertiary/aromatic N) is 3. The van der Waals surface area contributed by atoms with Crippen molar-refractivity contribution < 1.29 is 32.6 Å². The number of H-pyrrole nitrogens is 1. The molecule has 278 valence electrons. The number of aromatic amines is 1. The molecule has 15 heteroatoms. The first-order valence-electron chi connectivity index (χ1n) is 18.2. The lowest BCUT2D eigenvalue weighted by Crippen LogP contribution is -2.47. The molecule has 4 saturated heterocycles. The van der Waals surface area contributed by atoms with Crippen LogP contribution in [0.3, 0.4) is 0 Å². The van der Waals surface area contributed by atoms with Gasteiger partial charge in [0.15, 0.2) is 0 Å². The van der Waals surface area contributed by atoms with Gasteiger partial charge in [-0.25, -0.2) is 13.8 Å². The van der Waals surface area contributed by atoms with Crippen molar-refractivity contribution in [3.05, 3.63) is 58.1 Å². The molecule has 3 aromatic rings. The number of likely N-dealkylation sites (tertiary alicyclic amines) is 1. The maximum atomic E-state index is 15.1. The summed E-state index contributed by atoms with van der Waals surface area (Å²) in [7, 11) is 0. The van der Waals surface area contributed by atoms with Crippen molar-refractivity contribution in [3.8, 4) is 5.75 Å². The van der Waals surface area contributed by atoms with Gasteiger partial charge in [-0.1, -0.05) is 0 Å². The van der Waals surface area contributed by atoms with Gasteiger partial charge >= 0.3 is 0 Å². The van der Waals surface area contributed by atoms with Crippen LogP contribution in [0.4, 0.5) is 20.2 Å². The summed E-state index contributed by atoms with van der Waals surface area (Å²) in [5.74, 6) is -0.239. The Bertz CT molecular complexity index is 1860. The van der Waals surface area contributed by atoms with E-state index in [-0.39, 0.29) is 41.0 Å².